The number of amides is 1. The predicted molar refractivity (Wildman–Crippen MR) is 113 cm³/mol. The second-order valence-corrected chi connectivity index (χ2v) is 7.75. The van der Waals surface area contributed by atoms with E-state index in [0.29, 0.717) is 6.42 Å². The molecule has 148 valence electrons. The number of fused-ring (bicyclic) bond motifs is 1. The van der Waals surface area contributed by atoms with E-state index in [1.807, 2.05) is 30.3 Å². The first-order chi connectivity index (χ1) is 13.5. The Labute approximate surface area is 165 Å². The Morgan fingerprint density at radius 2 is 1.82 bits per heavy atom. The minimum absolute atomic E-state index is 0.0608. The van der Waals surface area contributed by atoms with E-state index in [-0.39, 0.29) is 11.9 Å². The van der Waals surface area contributed by atoms with Crippen molar-refractivity contribution in [1.82, 2.24) is 4.90 Å². The molecule has 1 aliphatic heterocycles. The SMILES string of the molecule is CC(=O)Nc1ccccc1N1CCN(C2Cc3cccc(N)c3CC2O)CC1. The van der Waals surface area contributed by atoms with E-state index in [4.69, 9.17) is 5.73 Å². The zero-order valence-electron chi connectivity index (χ0n) is 16.3. The summed E-state index contributed by atoms with van der Waals surface area (Å²) in [7, 11) is 0. The second-order valence-electron chi connectivity index (χ2n) is 7.75. The summed E-state index contributed by atoms with van der Waals surface area (Å²) in [6, 6.07) is 14.1. The van der Waals surface area contributed by atoms with Gasteiger partial charge in [-0.1, -0.05) is 24.3 Å². The fourth-order valence-electron chi connectivity index (χ4n) is 4.51. The minimum atomic E-state index is -0.393. The number of carbonyl (C=O) groups excluding carboxylic acids is 1. The van der Waals surface area contributed by atoms with E-state index in [1.54, 1.807) is 0 Å². The average Bonchev–Trinajstić information content (AvgIpc) is 2.69. The number of carbonyl (C=O) groups is 1. The number of aliphatic hydroxyl groups is 1. The van der Waals surface area contributed by atoms with Gasteiger partial charge in [0.25, 0.3) is 0 Å². The molecule has 2 aromatic rings. The summed E-state index contributed by atoms with van der Waals surface area (Å²) in [6.45, 7) is 5.03. The largest absolute Gasteiger partial charge is 0.398 e. The number of hydrogen-bond acceptors (Lipinski definition) is 5. The summed E-state index contributed by atoms with van der Waals surface area (Å²) in [5.41, 5.74) is 11.2. The molecule has 28 heavy (non-hydrogen) atoms. The first-order valence-corrected chi connectivity index (χ1v) is 9.93. The number of aliphatic hydroxyl groups excluding tert-OH is 1. The molecule has 2 unspecified atom stereocenters. The van der Waals surface area contributed by atoms with Gasteiger partial charge < -0.3 is 21.1 Å². The molecule has 6 nitrogen and oxygen atoms in total. The van der Waals surface area contributed by atoms with Crippen molar-refractivity contribution in [3.8, 4) is 0 Å². The van der Waals surface area contributed by atoms with Crippen molar-refractivity contribution in [2.45, 2.75) is 31.9 Å². The van der Waals surface area contributed by atoms with E-state index < -0.39 is 6.10 Å². The Bertz CT molecular complexity index is 861. The van der Waals surface area contributed by atoms with Gasteiger partial charge in [-0.3, -0.25) is 9.69 Å². The number of benzene rings is 2. The number of nitrogen functional groups attached to an aromatic ring is 1. The van der Waals surface area contributed by atoms with Crippen LogP contribution in [-0.4, -0.2) is 54.2 Å². The highest BCUT2D eigenvalue weighted by atomic mass is 16.3. The number of para-hydroxylation sites is 2. The second kappa shape index (κ2) is 7.81. The van der Waals surface area contributed by atoms with Crippen molar-refractivity contribution in [3.63, 3.8) is 0 Å². The molecule has 1 heterocycles. The van der Waals surface area contributed by atoms with Gasteiger partial charge in [-0.2, -0.15) is 0 Å². The van der Waals surface area contributed by atoms with Crippen molar-refractivity contribution in [2.75, 3.05) is 42.1 Å². The van der Waals surface area contributed by atoms with Gasteiger partial charge in [0.1, 0.15) is 0 Å². The summed E-state index contributed by atoms with van der Waals surface area (Å²) in [5, 5.41) is 13.7. The molecular formula is C22H28N4O2. The highest BCUT2D eigenvalue weighted by Crippen LogP contribution is 2.31. The Morgan fingerprint density at radius 3 is 2.57 bits per heavy atom. The monoisotopic (exact) mass is 380 g/mol. The molecule has 4 rings (SSSR count). The zero-order valence-corrected chi connectivity index (χ0v) is 16.3. The van der Waals surface area contributed by atoms with Crippen LogP contribution in [0.2, 0.25) is 0 Å². The molecule has 2 atom stereocenters. The summed E-state index contributed by atoms with van der Waals surface area (Å²) >= 11 is 0. The van der Waals surface area contributed by atoms with Crippen molar-refractivity contribution in [3.05, 3.63) is 53.6 Å². The molecule has 6 heteroatoms. The van der Waals surface area contributed by atoms with Gasteiger partial charge in [0.15, 0.2) is 0 Å². The van der Waals surface area contributed by atoms with Crippen LogP contribution >= 0.6 is 0 Å². The van der Waals surface area contributed by atoms with Gasteiger partial charge >= 0.3 is 0 Å². The summed E-state index contributed by atoms with van der Waals surface area (Å²) in [6.07, 6.45) is 1.07. The van der Waals surface area contributed by atoms with Crippen LogP contribution < -0.4 is 16.0 Å². The smallest absolute Gasteiger partial charge is 0.221 e. The molecule has 2 aromatic carbocycles. The minimum Gasteiger partial charge on any atom is -0.398 e. The van der Waals surface area contributed by atoms with Crippen LogP contribution in [-0.2, 0) is 17.6 Å². The van der Waals surface area contributed by atoms with E-state index in [0.717, 1.165) is 55.2 Å². The zero-order chi connectivity index (χ0) is 19.7. The van der Waals surface area contributed by atoms with Crippen LogP contribution in [0.25, 0.3) is 0 Å². The number of piperazine rings is 1. The third kappa shape index (κ3) is 3.70. The van der Waals surface area contributed by atoms with Gasteiger partial charge in [0.2, 0.25) is 5.91 Å². The number of nitrogens with one attached hydrogen (secondary N) is 1. The van der Waals surface area contributed by atoms with Gasteiger partial charge in [0.05, 0.1) is 17.5 Å². The molecular weight excluding hydrogens is 352 g/mol. The summed E-state index contributed by atoms with van der Waals surface area (Å²) in [4.78, 5) is 16.2. The fourth-order valence-corrected chi connectivity index (χ4v) is 4.51. The van der Waals surface area contributed by atoms with E-state index in [9.17, 15) is 9.90 Å². The normalized spacial score (nSPS) is 22.6. The molecule has 0 saturated carbocycles. The van der Waals surface area contributed by atoms with Crippen LogP contribution in [0.4, 0.5) is 17.1 Å². The number of rotatable bonds is 3. The molecule has 4 N–H and O–H groups in total. The van der Waals surface area contributed by atoms with Gasteiger partial charge in [0, 0.05) is 51.3 Å². The topological polar surface area (TPSA) is 81.8 Å². The number of nitrogens with zero attached hydrogens (tertiary/aromatic N) is 2. The third-order valence-electron chi connectivity index (χ3n) is 5.93. The van der Waals surface area contributed by atoms with Gasteiger partial charge in [-0.25, -0.2) is 0 Å². The maximum atomic E-state index is 11.5. The number of hydrogen-bond donors (Lipinski definition) is 3. The lowest BCUT2D eigenvalue weighted by Gasteiger charge is -2.44. The maximum Gasteiger partial charge on any atom is 0.221 e. The van der Waals surface area contributed by atoms with Crippen molar-refractivity contribution < 1.29 is 9.90 Å². The molecule has 0 spiro atoms. The molecule has 0 radical (unpaired) electrons. The Balaban J connectivity index is 1.44. The lowest BCUT2D eigenvalue weighted by molar-refractivity contribution is -0.114. The lowest BCUT2D eigenvalue weighted by atomic mass is 9.84. The van der Waals surface area contributed by atoms with Crippen molar-refractivity contribution >= 4 is 23.0 Å². The van der Waals surface area contributed by atoms with Crippen molar-refractivity contribution in [2.24, 2.45) is 0 Å². The van der Waals surface area contributed by atoms with Crippen LogP contribution in [0.5, 0.6) is 0 Å². The summed E-state index contributed by atoms with van der Waals surface area (Å²) < 4.78 is 0. The van der Waals surface area contributed by atoms with Crippen LogP contribution in [0.3, 0.4) is 0 Å². The Hall–Kier alpha value is -2.57. The van der Waals surface area contributed by atoms with E-state index in [1.165, 1.54) is 12.5 Å². The third-order valence-corrected chi connectivity index (χ3v) is 5.93. The van der Waals surface area contributed by atoms with E-state index >= 15 is 0 Å². The quantitative estimate of drug-likeness (QED) is 0.709. The first-order valence-electron chi connectivity index (χ1n) is 9.93. The van der Waals surface area contributed by atoms with Crippen molar-refractivity contribution in [1.29, 1.82) is 0 Å². The highest BCUT2D eigenvalue weighted by molar-refractivity contribution is 5.92. The Morgan fingerprint density at radius 1 is 1.07 bits per heavy atom. The molecule has 0 aromatic heterocycles. The van der Waals surface area contributed by atoms with Crippen LogP contribution in [0.15, 0.2) is 42.5 Å². The van der Waals surface area contributed by atoms with Gasteiger partial charge in [-0.05, 0) is 35.7 Å². The molecule has 1 aliphatic carbocycles. The Kier molecular flexibility index (Phi) is 5.24. The average molecular weight is 380 g/mol. The number of nitrogens with two attached hydrogens (primary N) is 1. The lowest BCUT2D eigenvalue weighted by Crippen LogP contribution is -2.56. The standard InChI is InChI=1S/C22H28N4O2/c1-15(27)24-19-7-2-3-8-20(19)25-9-11-26(12-10-25)21-13-16-5-4-6-18(23)17(16)14-22(21)28/h2-8,21-22,28H,9-14,23H2,1H3,(H,24,27). The van der Waals surface area contributed by atoms with E-state index in [2.05, 4.69) is 27.2 Å². The van der Waals surface area contributed by atoms with Crippen LogP contribution in [0.1, 0.15) is 18.1 Å². The van der Waals surface area contributed by atoms with Gasteiger partial charge in [-0.15, -0.1) is 0 Å². The fraction of sp³-hybridized carbons (Fsp3) is 0.409. The van der Waals surface area contributed by atoms with Crippen LogP contribution in [0, 0.1) is 0 Å². The first kappa shape index (κ1) is 18.8. The molecule has 1 saturated heterocycles. The molecule has 2 aliphatic rings. The molecule has 0 bridgehead atoms. The molecule has 1 amide bonds. The maximum absolute atomic E-state index is 11.5. The highest BCUT2D eigenvalue weighted by Gasteiger charge is 2.34. The summed E-state index contributed by atoms with van der Waals surface area (Å²) in [5.74, 6) is -0.0608. The number of anilines is 3. The predicted octanol–water partition coefficient (Wildman–Crippen LogP) is 1.88. The molecule has 1 fully saturated rings.